The van der Waals surface area contributed by atoms with Crippen LogP contribution in [-0.2, 0) is 31.0 Å². The van der Waals surface area contributed by atoms with Crippen LogP contribution in [0.15, 0.2) is 60.7 Å². The molecular formula is C17H21O4P. The van der Waals surface area contributed by atoms with Gasteiger partial charge in [-0.1, -0.05) is 60.7 Å². The number of phosphoric ester groups is 1. The van der Waals surface area contributed by atoms with Crippen LogP contribution in [-0.4, -0.2) is 20.3 Å². The van der Waals surface area contributed by atoms with Crippen LogP contribution in [0.4, 0.5) is 0 Å². The molecule has 5 heteroatoms. The Labute approximate surface area is 131 Å². The molecule has 0 radical (unpaired) electrons. The fourth-order valence-electron chi connectivity index (χ4n) is 1.98. The number of hydrogen-bond acceptors (Lipinski definition) is 4. The molecule has 2 aromatic carbocycles. The van der Waals surface area contributed by atoms with Gasteiger partial charge in [-0.3, -0.25) is 13.6 Å². The Morgan fingerprint density at radius 1 is 0.773 bits per heavy atom. The van der Waals surface area contributed by atoms with Gasteiger partial charge in [-0.25, -0.2) is 4.57 Å². The van der Waals surface area contributed by atoms with Crippen LogP contribution >= 0.6 is 7.82 Å². The molecule has 0 atom stereocenters. The summed E-state index contributed by atoms with van der Waals surface area (Å²) in [6.07, 6.45) is 1.33. The fraction of sp³-hybridized carbons (Fsp3) is 0.294. The van der Waals surface area contributed by atoms with Gasteiger partial charge >= 0.3 is 7.82 Å². The van der Waals surface area contributed by atoms with Crippen molar-refractivity contribution in [2.24, 2.45) is 0 Å². The molecule has 0 saturated carbocycles. The topological polar surface area (TPSA) is 44.8 Å². The van der Waals surface area contributed by atoms with Crippen LogP contribution in [0, 0.1) is 0 Å². The van der Waals surface area contributed by atoms with E-state index in [1.807, 2.05) is 60.7 Å². The predicted octanol–water partition coefficient (Wildman–Crippen LogP) is 4.26. The van der Waals surface area contributed by atoms with Crippen molar-refractivity contribution in [2.45, 2.75) is 12.8 Å². The highest BCUT2D eigenvalue weighted by Crippen LogP contribution is 2.48. The molecule has 0 fully saturated rings. The third kappa shape index (κ3) is 5.74. The Morgan fingerprint density at radius 3 is 1.55 bits per heavy atom. The van der Waals surface area contributed by atoms with E-state index in [0.29, 0.717) is 26.1 Å². The summed E-state index contributed by atoms with van der Waals surface area (Å²) in [7, 11) is -2.14. The largest absolute Gasteiger partial charge is 0.474 e. The summed E-state index contributed by atoms with van der Waals surface area (Å²) in [5.74, 6) is 0. The monoisotopic (exact) mass is 320 g/mol. The molecule has 0 saturated heterocycles. The van der Waals surface area contributed by atoms with E-state index in [-0.39, 0.29) is 0 Å². The lowest BCUT2D eigenvalue weighted by molar-refractivity contribution is 0.133. The van der Waals surface area contributed by atoms with Gasteiger partial charge in [0.05, 0.1) is 13.2 Å². The molecule has 2 aromatic rings. The first-order chi connectivity index (χ1) is 10.7. The molecular weight excluding hydrogens is 299 g/mol. The summed E-state index contributed by atoms with van der Waals surface area (Å²) < 4.78 is 27.9. The lowest BCUT2D eigenvalue weighted by Crippen LogP contribution is -2.04. The standard InChI is InChI=1S/C17H21O4P/c1-19-22(18,20-14-12-16-8-4-2-5-9-16)21-15-13-17-10-6-3-7-11-17/h2-11H,12-15H2,1H3. The zero-order valence-electron chi connectivity index (χ0n) is 12.7. The second kappa shape index (κ2) is 8.86. The molecule has 0 aliphatic heterocycles. The smallest absolute Gasteiger partial charge is 0.290 e. The van der Waals surface area contributed by atoms with Gasteiger partial charge in [0.25, 0.3) is 0 Å². The fourth-order valence-corrected chi connectivity index (χ4v) is 2.90. The van der Waals surface area contributed by atoms with Gasteiger partial charge in [-0.05, 0) is 24.0 Å². The maximum absolute atomic E-state index is 12.3. The lowest BCUT2D eigenvalue weighted by Gasteiger charge is -2.16. The van der Waals surface area contributed by atoms with Gasteiger partial charge in [-0.15, -0.1) is 0 Å². The molecule has 0 aliphatic rings. The number of phosphoric acid groups is 1. The molecule has 0 N–H and O–H groups in total. The van der Waals surface area contributed by atoms with Gasteiger partial charge in [0.2, 0.25) is 0 Å². The van der Waals surface area contributed by atoms with Crippen molar-refractivity contribution in [1.82, 2.24) is 0 Å². The van der Waals surface area contributed by atoms with Crippen LogP contribution in [0.3, 0.4) is 0 Å². The highest BCUT2D eigenvalue weighted by molar-refractivity contribution is 7.48. The molecule has 0 bridgehead atoms. The quantitative estimate of drug-likeness (QED) is 0.648. The first kappa shape index (κ1) is 16.9. The van der Waals surface area contributed by atoms with Gasteiger partial charge in [0.1, 0.15) is 0 Å². The van der Waals surface area contributed by atoms with E-state index in [2.05, 4.69) is 0 Å². The van der Waals surface area contributed by atoms with Crippen LogP contribution < -0.4 is 0 Å². The first-order valence-corrected chi connectivity index (χ1v) is 8.70. The highest BCUT2D eigenvalue weighted by atomic mass is 31.2. The molecule has 0 aromatic heterocycles. The summed E-state index contributed by atoms with van der Waals surface area (Å²) >= 11 is 0. The SMILES string of the molecule is COP(=O)(OCCc1ccccc1)OCCc1ccccc1. The molecule has 0 heterocycles. The van der Waals surface area contributed by atoms with Crippen molar-refractivity contribution in [2.75, 3.05) is 20.3 Å². The zero-order valence-corrected chi connectivity index (χ0v) is 13.6. The van der Waals surface area contributed by atoms with E-state index < -0.39 is 7.82 Å². The summed E-state index contributed by atoms with van der Waals surface area (Å²) in [4.78, 5) is 0. The molecule has 2 rings (SSSR count). The maximum atomic E-state index is 12.3. The van der Waals surface area contributed by atoms with Crippen LogP contribution in [0.1, 0.15) is 11.1 Å². The Balaban J connectivity index is 1.75. The zero-order chi connectivity index (χ0) is 15.7. The van der Waals surface area contributed by atoms with Gasteiger partial charge in [0.15, 0.2) is 0 Å². The number of hydrogen-bond donors (Lipinski definition) is 0. The first-order valence-electron chi connectivity index (χ1n) is 7.24. The molecule has 22 heavy (non-hydrogen) atoms. The van der Waals surface area contributed by atoms with E-state index in [9.17, 15) is 4.57 Å². The van der Waals surface area contributed by atoms with Crippen molar-refractivity contribution in [3.05, 3.63) is 71.8 Å². The van der Waals surface area contributed by atoms with Crippen LogP contribution in [0.2, 0.25) is 0 Å². The van der Waals surface area contributed by atoms with E-state index in [1.165, 1.54) is 7.11 Å². The Morgan fingerprint density at radius 2 is 1.18 bits per heavy atom. The summed E-state index contributed by atoms with van der Waals surface area (Å²) in [5.41, 5.74) is 2.24. The molecule has 4 nitrogen and oxygen atoms in total. The van der Waals surface area contributed by atoms with Crippen LogP contribution in [0.25, 0.3) is 0 Å². The van der Waals surface area contributed by atoms with E-state index in [1.54, 1.807) is 0 Å². The summed E-state index contributed by atoms with van der Waals surface area (Å²) in [6.45, 7) is 0.584. The average molecular weight is 320 g/mol. The van der Waals surface area contributed by atoms with Gasteiger partial charge in [-0.2, -0.15) is 0 Å². The van der Waals surface area contributed by atoms with E-state index >= 15 is 0 Å². The third-order valence-electron chi connectivity index (χ3n) is 3.19. The molecule has 0 aliphatic carbocycles. The minimum absolute atomic E-state index is 0.292. The number of benzene rings is 2. The van der Waals surface area contributed by atoms with Crippen LogP contribution in [0.5, 0.6) is 0 Å². The Bertz CT molecular complexity index is 537. The minimum atomic E-state index is -3.47. The normalized spacial score (nSPS) is 11.5. The summed E-state index contributed by atoms with van der Waals surface area (Å²) in [5, 5.41) is 0. The van der Waals surface area contributed by atoms with Gasteiger partial charge in [0, 0.05) is 7.11 Å². The van der Waals surface area contributed by atoms with Crippen molar-refractivity contribution < 1.29 is 18.1 Å². The maximum Gasteiger partial charge on any atom is 0.474 e. The molecule has 0 amide bonds. The third-order valence-corrected chi connectivity index (χ3v) is 4.63. The second-order valence-corrected chi connectivity index (χ2v) is 6.54. The lowest BCUT2D eigenvalue weighted by atomic mass is 10.2. The minimum Gasteiger partial charge on any atom is -0.290 e. The highest BCUT2D eigenvalue weighted by Gasteiger charge is 2.24. The van der Waals surface area contributed by atoms with Crippen molar-refractivity contribution in [3.63, 3.8) is 0 Å². The Hall–Kier alpha value is -1.45. The predicted molar refractivity (Wildman–Crippen MR) is 86.8 cm³/mol. The molecule has 0 unspecified atom stereocenters. The second-order valence-electron chi connectivity index (χ2n) is 4.77. The Kier molecular flexibility index (Phi) is 6.81. The van der Waals surface area contributed by atoms with Gasteiger partial charge < -0.3 is 0 Å². The van der Waals surface area contributed by atoms with E-state index in [0.717, 1.165) is 11.1 Å². The van der Waals surface area contributed by atoms with Crippen molar-refractivity contribution >= 4 is 7.82 Å². The summed E-state index contributed by atoms with van der Waals surface area (Å²) in [6, 6.07) is 19.7. The number of rotatable bonds is 9. The van der Waals surface area contributed by atoms with E-state index in [4.69, 9.17) is 13.6 Å². The van der Waals surface area contributed by atoms with Crippen molar-refractivity contribution in [1.29, 1.82) is 0 Å². The average Bonchev–Trinajstić information content (AvgIpc) is 2.57. The van der Waals surface area contributed by atoms with Crippen molar-refractivity contribution in [3.8, 4) is 0 Å². The molecule has 118 valence electrons. The molecule has 0 spiro atoms.